The van der Waals surface area contributed by atoms with Gasteiger partial charge in [0.05, 0.1) is 0 Å². The molecule has 0 aromatic heterocycles. The second kappa shape index (κ2) is 6.24. The fraction of sp³-hybridized carbons (Fsp3) is 0.467. The third kappa shape index (κ3) is 3.38. The van der Waals surface area contributed by atoms with Crippen molar-refractivity contribution in [1.82, 2.24) is 0 Å². The summed E-state index contributed by atoms with van der Waals surface area (Å²) in [5.74, 6) is 0.00698. The molecule has 0 saturated heterocycles. The topological polar surface area (TPSA) is 54.4 Å². The number of carbonyl (C=O) groups is 2. The Labute approximate surface area is 117 Å². The van der Waals surface area contributed by atoms with E-state index in [1.165, 1.54) is 11.8 Å². The maximum absolute atomic E-state index is 11.5. The van der Waals surface area contributed by atoms with E-state index in [0.29, 0.717) is 11.3 Å². The van der Waals surface area contributed by atoms with E-state index in [4.69, 9.17) is 0 Å². The monoisotopic (exact) mass is 278 g/mol. The second-order valence-corrected chi connectivity index (χ2v) is 6.37. The van der Waals surface area contributed by atoms with Crippen molar-refractivity contribution in [2.24, 2.45) is 0 Å². The van der Waals surface area contributed by atoms with E-state index >= 15 is 0 Å². The van der Waals surface area contributed by atoms with Gasteiger partial charge in [0.2, 0.25) is 0 Å². The maximum atomic E-state index is 11.5. The number of hydrogen-bond donors (Lipinski definition) is 1. The van der Waals surface area contributed by atoms with Crippen molar-refractivity contribution in [2.45, 2.75) is 42.6 Å². The van der Waals surface area contributed by atoms with Crippen LogP contribution in [0, 0.1) is 0 Å². The van der Waals surface area contributed by atoms with E-state index in [-0.39, 0.29) is 0 Å². The molecule has 0 atom stereocenters. The molecule has 4 heteroatoms. The Bertz CT molecular complexity index is 447. The second-order valence-electron chi connectivity index (χ2n) is 5.01. The molecule has 3 nitrogen and oxygen atoms in total. The predicted octanol–water partition coefficient (Wildman–Crippen LogP) is 3.52. The molecule has 1 aromatic rings. The van der Waals surface area contributed by atoms with Gasteiger partial charge in [0.1, 0.15) is 11.0 Å². The molecule has 0 aliphatic heterocycles. The molecule has 0 radical (unpaired) electrons. The normalized spacial score (nSPS) is 17.9. The lowest BCUT2D eigenvalue weighted by Crippen LogP contribution is -2.37. The molecule has 1 aliphatic rings. The number of benzene rings is 1. The Morgan fingerprint density at radius 3 is 2.37 bits per heavy atom. The van der Waals surface area contributed by atoms with Gasteiger partial charge in [0.25, 0.3) is 0 Å². The van der Waals surface area contributed by atoms with Gasteiger partial charge in [-0.15, -0.1) is 11.8 Å². The predicted molar refractivity (Wildman–Crippen MR) is 76.6 cm³/mol. The summed E-state index contributed by atoms with van der Waals surface area (Å²) in [5.41, 5.74) is 1.72. The maximum Gasteiger partial charge on any atom is 0.319 e. The molecule has 102 valence electrons. The summed E-state index contributed by atoms with van der Waals surface area (Å²) in [6.07, 6.45) is 5.49. The molecule has 1 fully saturated rings. The number of carboxylic acids is 1. The van der Waals surface area contributed by atoms with Crippen molar-refractivity contribution >= 4 is 24.0 Å². The fourth-order valence-corrected chi connectivity index (χ4v) is 3.79. The Balaban J connectivity index is 2.01. The van der Waals surface area contributed by atoms with Gasteiger partial charge >= 0.3 is 5.97 Å². The van der Waals surface area contributed by atoms with Crippen LogP contribution in [0.5, 0.6) is 0 Å². The van der Waals surface area contributed by atoms with Crippen molar-refractivity contribution in [3.05, 3.63) is 35.4 Å². The molecule has 0 bridgehead atoms. The minimum Gasteiger partial charge on any atom is -0.480 e. The van der Waals surface area contributed by atoms with Crippen molar-refractivity contribution < 1.29 is 14.7 Å². The highest BCUT2D eigenvalue weighted by atomic mass is 32.2. The number of thioether (sulfide) groups is 1. The molecule has 0 heterocycles. The van der Waals surface area contributed by atoms with Crippen LogP contribution in [0.25, 0.3) is 0 Å². The zero-order valence-corrected chi connectivity index (χ0v) is 11.6. The number of hydrogen-bond acceptors (Lipinski definition) is 3. The molecule has 0 amide bonds. The van der Waals surface area contributed by atoms with Gasteiger partial charge in [-0.2, -0.15) is 0 Å². The summed E-state index contributed by atoms with van der Waals surface area (Å²) in [6, 6.07) is 7.35. The van der Waals surface area contributed by atoms with Gasteiger partial charge in [-0.05, 0) is 18.4 Å². The summed E-state index contributed by atoms with van der Waals surface area (Å²) in [6.45, 7) is 0. The van der Waals surface area contributed by atoms with Crippen LogP contribution in [-0.4, -0.2) is 22.1 Å². The van der Waals surface area contributed by atoms with Gasteiger partial charge in [0.15, 0.2) is 0 Å². The van der Waals surface area contributed by atoms with Crippen LogP contribution in [0.3, 0.4) is 0 Å². The van der Waals surface area contributed by atoms with Crippen LogP contribution in [0.2, 0.25) is 0 Å². The van der Waals surface area contributed by atoms with Crippen molar-refractivity contribution in [3.8, 4) is 0 Å². The standard InChI is InChI=1S/C15H18O3S/c16-10-12-4-6-13(7-5-12)11-19-15(14(17)18)8-2-1-3-9-15/h4-7,10H,1-3,8-9,11H2,(H,17,18). The lowest BCUT2D eigenvalue weighted by atomic mass is 9.88. The molecule has 19 heavy (non-hydrogen) atoms. The van der Waals surface area contributed by atoms with Crippen LogP contribution in [0.4, 0.5) is 0 Å². The highest BCUT2D eigenvalue weighted by molar-refractivity contribution is 8.00. The average molecular weight is 278 g/mol. The smallest absolute Gasteiger partial charge is 0.319 e. The van der Waals surface area contributed by atoms with Gasteiger partial charge in [0, 0.05) is 11.3 Å². The molecule has 0 unspecified atom stereocenters. The van der Waals surface area contributed by atoms with Gasteiger partial charge in [-0.1, -0.05) is 43.5 Å². The number of carboxylic acid groups (broad SMARTS) is 1. The van der Waals surface area contributed by atoms with E-state index in [1.54, 1.807) is 12.1 Å². The lowest BCUT2D eigenvalue weighted by molar-refractivity contribution is -0.140. The Morgan fingerprint density at radius 2 is 1.84 bits per heavy atom. The molecule has 1 N–H and O–H groups in total. The van der Waals surface area contributed by atoms with Crippen LogP contribution in [0.15, 0.2) is 24.3 Å². The van der Waals surface area contributed by atoms with Crippen LogP contribution >= 0.6 is 11.8 Å². The lowest BCUT2D eigenvalue weighted by Gasteiger charge is -2.32. The van der Waals surface area contributed by atoms with Crippen molar-refractivity contribution in [3.63, 3.8) is 0 Å². The first-order valence-corrected chi connectivity index (χ1v) is 7.56. The molecule has 1 saturated carbocycles. The highest BCUT2D eigenvalue weighted by Crippen LogP contribution is 2.41. The SMILES string of the molecule is O=Cc1ccc(CSC2(C(=O)O)CCCCC2)cc1. The van der Waals surface area contributed by atoms with Crippen LogP contribution < -0.4 is 0 Å². The van der Waals surface area contributed by atoms with Crippen LogP contribution in [-0.2, 0) is 10.5 Å². The first-order valence-electron chi connectivity index (χ1n) is 6.58. The van der Waals surface area contributed by atoms with Gasteiger partial charge in [-0.3, -0.25) is 9.59 Å². The highest BCUT2D eigenvalue weighted by Gasteiger charge is 2.39. The molecular weight excluding hydrogens is 260 g/mol. The number of carbonyl (C=O) groups excluding carboxylic acids is 1. The first kappa shape index (κ1) is 14.1. The Kier molecular flexibility index (Phi) is 4.64. The van der Waals surface area contributed by atoms with E-state index in [9.17, 15) is 14.7 Å². The van der Waals surface area contributed by atoms with E-state index in [1.807, 2.05) is 12.1 Å². The third-order valence-electron chi connectivity index (χ3n) is 3.68. The minimum atomic E-state index is -0.679. The summed E-state index contributed by atoms with van der Waals surface area (Å²) >= 11 is 1.53. The van der Waals surface area contributed by atoms with Gasteiger partial charge in [-0.25, -0.2) is 0 Å². The molecule has 1 aliphatic carbocycles. The molecule has 0 spiro atoms. The van der Waals surface area contributed by atoms with Crippen molar-refractivity contribution in [2.75, 3.05) is 0 Å². The van der Waals surface area contributed by atoms with Crippen molar-refractivity contribution in [1.29, 1.82) is 0 Å². The quantitative estimate of drug-likeness (QED) is 0.837. The molecule has 2 rings (SSSR count). The molecule has 1 aromatic carbocycles. The first-order chi connectivity index (χ1) is 9.16. The number of aldehydes is 1. The third-order valence-corrected chi connectivity index (χ3v) is 5.30. The summed E-state index contributed by atoms with van der Waals surface area (Å²) in [4.78, 5) is 22.1. The summed E-state index contributed by atoms with van der Waals surface area (Å²) in [5, 5.41) is 9.48. The van der Waals surface area contributed by atoms with E-state index in [0.717, 1.165) is 44.0 Å². The van der Waals surface area contributed by atoms with E-state index in [2.05, 4.69) is 0 Å². The average Bonchev–Trinajstić information content (AvgIpc) is 2.46. The van der Waals surface area contributed by atoms with Crippen LogP contribution in [0.1, 0.15) is 48.0 Å². The molecular formula is C15H18O3S. The summed E-state index contributed by atoms with van der Waals surface area (Å²) in [7, 11) is 0. The Morgan fingerprint density at radius 1 is 1.21 bits per heavy atom. The number of aliphatic carboxylic acids is 1. The fourth-order valence-electron chi connectivity index (χ4n) is 2.46. The zero-order valence-electron chi connectivity index (χ0n) is 10.8. The summed E-state index contributed by atoms with van der Waals surface area (Å²) < 4.78 is -0.610. The minimum absolute atomic E-state index is 0.610. The zero-order chi connectivity index (χ0) is 13.7. The Hall–Kier alpha value is -1.29. The number of rotatable bonds is 5. The van der Waals surface area contributed by atoms with Gasteiger partial charge < -0.3 is 5.11 Å². The van der Waals surface area contributed by atoms with E-state index < -0.39 is 10.7 Å². The largest absolute Gasteiger partial charge is 0.480 e.